The molecule has 0 radical (unpaired) electrons. The molecule has 0 unspecified atom stereocenters. The van der Waals surface area contributed by atoms with Crippen molar-refractivity contribution in [2.45, 2.75) is 13.8 Å². The first-order valence-corrected chi connectivity index (χ1v) is 8.39. The second-order valence-electron chi connectivity index (χ2n) is 5.85. The van der Waals surface area contributed by atoms with Crippen LogP contribution in [0.15, 0.2) is 59.0 Å². The van der Waals surface area contributed by atoms with Gasteiger partial charge in [-0.05, 0) is 67.5 Å². The molecular formula is C20H17FN2O2S. The number of carbonyl (C=O) groups is 1. The molecule has 1 amide bonds. The maximum Gasteiger partial charge on any atom is 0.293 e. The molecule has 0 aliphatic heterocycles. The number of halogens is 1. The van der Waals surface area contributed by atoms with Crippen LogP contribution in [0.3, 0.4) is 0 Å². The van der Waals surface area contributed by atoms with Gasteiger partial charge in [0.15, 0.2) is 10.9 Å². The molecule has 2 aromatic carbocycles. The molecule has 132 valence electrons. The fourth-order valence-corrected chi connectivity index (χ4v) is 2.59. The molecule has 0 aliphatic rings. The fourth-order valence-electron chi connectivity index (χ4n) is 2.39. The Morgan fingerprint density at radius 3 is 2.54 bits per heavy atom. The van der Waals surface area contributed by atoms with E-state index in [0.29, 0.717) is 5.76 Å². The molecule has 1 heterocycles. The van der Waals surface area contributed by atoms with E-state index in [2.05, 4.69) is 10.6 Å². The Bertz CT molecular complexity index is 981. The first-order valence-electron chi connectivity index (χ1n) is 7.98. The number of nitrogens with one attached hydrogen (secondary N) is 2. The number of rotatable bonds is 3. The molecule has 1 aromatic heterocycles. The maximum atomic E-state index is 13.6. The first-order chi connectivity index (χ1) is 12.4. The monoisotopic (exact) mass is 368 g/mol. The standard InChI is InChI=1S/C20H17FN2O2S/c1-12-7-8-14(11-13(12)2)17-9-10-18(25-17)19(24)23-20(26)22-16-6-4-3-5-15(16)21/h3-11H,1-2H3,(H2,22,23,24,26). The van der Waals surface area contributed by atoms with E-state index >= 15 is 0 Å². The zero-order chi connectivity index (χ0) is 18.7. The molecule has 0 bridgehead atoms. The third-order valence-electron chi connectivity index (χ3n) is 3.97. The van der Waals surface area contributed by atoms with Gasteiger partial charge in [-0.15, -0.1) is 0 Å². The van der Waals surface area contributed by atoms with E-state index in [1.165, 1.54) is 17.7 Å². The Balaban J connectivity index is 1.69. The summed E-state index contributed by atoms with van der Waals surface area (Å²) in [6.07, 6.45) is 0. The number of amides is 1. The van der Waals surface area contributed by atoms with E-state index in [0.717, 1.165) is 11.1 Å². The van der Waals surface area contributed by atoms with Crippen molar-refractivity contribution in [3.8, 4) is 11.3 Å². The lowest BCUT2D eigenvalue weighted by atomic mass is 10.1. The molecule has 0 aliphatic carbocycles. The molecule has 6 heteroatoms. The highest BCUT2D eigenvalue weighted by Crippen LogP contribution is 2.24. The number of para-hydroxylation sites is 1. The summed E-state index contributed by atoms with van der Waals surface area (Å²) in [5, 5.41) is 5.11. The van der Waals surface area contributed by atoms with Gasteiger partial charge in [-0.3, -0.25) is 10.1 Å². The molecule has 26 heavy (non-hydrogen) atoms. The van der Waals surface area contributed by atoms with E-state index in [1.807, 2.05) is 32.0 Å². The topological polar surface area (TPSA) is 54.3 Å². The first kappa shape index (κ1) is 17.8. The molecule has 0 atom stereocenters. The fraction of sp³-hybridized carbons (Fsp3) is 0.100. The van der Waals surface area contributed by atoms with Crippen molar-refractivity contribution in [2.24, 2.45) is 0 Å². The lowest BCUT2D eigenvalue weighted by molar-refractivity contribution is 0.0951. The number of thiocarbonyl (C=S) groups is 1. The van der Waals surface area contributed by atoms with Crippen LogP contribution < -0.4 is 10.6 Å². The summed E-state index contributed by atoms with van der Waals surface area (Å²) in [5.74, 6) is -0.254. The lowest BCUT2D eigenvalue weighted by Crippen LogP contribution is -2.34. The quantitative estimate of drug-likeness (QED) is 0.650. The number of furan rings is 1. The zero-order valence-corrected chi connectivity index (χ0v) is 15.1. The minimum absolute atomic E-state index is 0.00997. The second kappa shape index (κ2) is 7.49. The summed E-state index contributed by atoms with van der Waals surface area (Å²) < 4.78 is 19.2. The lowest BCUT2D eigenvalue weighted by Gasteiger charge is -2.09. The number of hydrogen-bond acceptors (Lipinski definition) is 3. The summed E-state index contributed by atoms with van der Waals surface area (Å²) in [4.78, 5) is 12.3. The molecule has 0 fully saturated rings. The highest BCUT2D eigenvalue weighted by molar-refractivity contribution is 7.80. The predicted octanol–water partition coefficient (Wildman–Crippen LogP) is 4.83. The maximum absolute atomic E-state index is 13.6. The van der Waals surface area contributed by atoms with Crippen LogP contribution in [0.4, 0.5) is 10.1 Å². The van der Waals surface area contributed by atoms with Gasteiger partial charge < -0.3 is 9.73 Å². The molecule has 3 rings (SSSR count). The number of aryl methyl sites for hydroxylation is 2. The summed E-state index contributed by atoms with van der Waals surface area (Å²) in [5.41, 5.74) is 3.40. The van der Waals surface area contributed by atoms with Crippen molar-refractivity contribution in [1.29, 1.82) is 0 Å². The van der Waals surface area contributed by atoms with Crippen LogP contribution in [-0.2, 0) is 0 Å². The van der Waals surface area contributed by atoms with E-state index in [4.69, 9.17) is 16.6 Å². The molecule has 2 N–H and O–H groups in total. The summed E-state index contributed by atoms with van der Waals surface area (Å²) in [6, 6.07) is 15.3. The van der Waals surface area contributed by atoms with Gasteiger partial charge in [0, 0.05) is 5.56 Å². The van der Waals surface area contributed by atoms with Gasteiger partial charge in [0.05, 0.1) is 5.69 Å². The highest BCUT2D eigenvalue weighted by atomic mass is 32.1. The molecule has 3 aromatic rings. The van der Waals surface area contributed by atoms with Crippen molar-refractivity contribution < 1.29 is 13.6 Å². The number of benzene rings is 2. The largest absolute Gasteiger partial charge is 0.451 e. The average Bonchev–Trinajstić information content (AvgIpc) is 3.09. The zero-order valence-electron chi connectivity index (χ0n) is 14.3. The van der Waals surface area contributed by atoms with Gasteiger partial charge in [0.1, 0.15) is 11.6 Å². The summed E-state index contributed by atoms with van der Waals surface area (Å²) >= 11 is 5.05. The number of carbonyl (C=O) groups excluding carboxylic acids is 1. The van der Waals surface area contributed by atoms with Crippen LogP contribution in [0, 0.1) is 19.7 Å². The summed E-state index contributed by atoms with van der Waals surface area (Å²) in [6.45, 7) is 4.05. The van der Waals surface area contributed by atoms with E-state index in [9.17, 15) is 9.18 Å². The van der Waals surface area contributed by atoms with Gasteiger partial charge in [-0.2, -0.15) is 0 Å². The number of anilines is 1. The highest BCUT2D eigenvalue weighted by Gasteiger charge is 2.14. The smallest absolute Gasteiger partial charge is 0.293 e. The number of hydrogen-bond donors (Lipinski definition) is 2. The Labute approximate surface area is 156 Å². The average molecular weight is 368 g/mol. The van der Waals surface area contributed by atoms with Crippen LogP contribution in [0.2, 0.25) is 0 Å². The SMILES string of the molecule is Cc1ccc(-c2ccc(C(=O)NC(=S)Nc3ccccc3F)o2)cc1C. The Morgan fingerprint density at radius 1 is 1.04 bits per heavy atom. The Hall–Kier alpha value is -2.99. The Morgan fingerprint density at radius 2 is 1.81 bits per heavy atom. The van der Waals surface area contributed by atoms with Crippen LogP contribution in [0.25, 0.3) is 11.3 Å². The minimum Gasteiger partial charge on any atom is -0.451 e. The van der Waals surface area contributed by atoms with Gasteiger partial charge in [0.25, 0.3) is 5.91 Å². The minimum atomic E-state index is -0.506. The van der Waals surface area contributed by atoms with Crippen LogP contribution >= 0.6 is 12.2 Å². The molecule has 0 saturated heterocycles. The molecule has 0 saturated carbocycles. The van der Waals surface area contributed by atoms with Gasteiger partial charge in [-0.25, -0.2) is 4.39 Å². The van der Waals surface area contributed by atoms with E-state index in [1.54, 1.807) is 24.3 Å². The van der Waals surface area contributed by atoms with Crippen molar-refractivity contribution in [3.63, 3.8) is 0 Å². The third-order valence-corrected chi connectivity index (χ3v) is 4.17. The van der Waals surface area contributed by atoms with Crippen molar-refractivity contribution in [2.75, 3.05) is 5.32 Å². The van der Waals surface area contributed by atoms with Crippen molar-refractivity contribution in [3.05, 3.63) is 77.3 Å². The van der Waals surface area contributed by atoms with Gasteiger partial charge >= 0.3 is 0 Å². The molecular weight excluding hydrogens is 351 g/mol. The predicted molar refractivity (Wildman–Crippen MR) is 104 cm³/mol. The molecule has 0 spiro atoms. The summed E-state index contributed by atoms with van der Waals surface area (Å²) in [7, 11) is 0. The van der Waals surface area contributed by atoms with Gasteiger partial charge in [0.2, 0.25) is 0 Å². The van der Waals surface area contributed by atoms with E-state index in [-0.39, 0.29) is 16.6 Å². The second-order valence-corrected chi connectivity index (χ2v) is 6.26. The van der Waals surface area contributed by atoms with Crippen molar-refractivity contribution in [1.82, 2.24) is 5.32 Å². The molecule has 4 nitrogen and oxygen atoms in total. The van der Waals surface area contributed by atoms with Gasteiger partial charge in [-0.1, -0.05) is 24.3 Å². The normalized spacial score (nSPS) is 10.4. The Kier molecular flexibility index (Phi) is 5.14. The van der Waals surface area contributed by atoms with Crippen LogP contribution in [0.5, 0.6) is 0 Å². The van der Waals surface area contributed by atoms with Crippen LogP contribution in [0.1, 0.15) is 21.7 Å². The third kappa shape index (κ3) is 3.97. The van der Waals surface area contributed by atoms with E-state index < -0.39 is 11.7 Å². The van der Waals surface area contributed by atoms with Crippen molar-refractivity contribution >= 4 is 28.9 Å². The van der Waals surface area contributed by atoms with Crippen LogP contribution in [-0.4, -0.2) is 11.0 Å².